The molecule has 176 valence electrons. The normalized spacial score (nSPS) is 15.5. The van der Waals surface area contributed by atoms with Gasteiger partial charge in [-0.2, -0.15) is 11.8 Å². The van der Waals surface area contributed by atoms with Gasteiger partial charge < -0.3 is 14.8 Å². The SMILES string of the molecule is CSCC[C@H]1CN(Cc2cnc[nH]2)c2ccccc2CN1C(=O)c1cccc2ccccc12.Cl. The molecule has 1 aliphatic rings. The monoisotopic (exact) mass is 492 g/mol. The molecular formula is C27H29ClN4OS. The van der Waals surface area contributed by atoms with Crippen LogP contribution >= 0.6 is 24.2 Å². The lowest BCUT2D eigenvalue weighted by molar-refractivity contribution is 0.0670. The van der Waals surface area contributed by atoms with Gasteiger partial charge in [0.1, 0.15) is 0 Å². The summed E-state index contributed by atoms with van der Waals surface area (Å²) in [5.74, 6) is 1.12. The number of para-hydroxylation sites is 1. The highest BCUT2D eigenvalue weighted by molar-refractivity contribution is 7.98. The minimum Gasteiger partial charge on any atom is -0.363 e. The second-order valence-electron chi connectivity index (χ2n) is 8.48. The number of H-pyrrole nitrogens is 1. The Morgan fingerprint density at radius 2 is 1.88 bits per heavy atom. The van der Waals surface area contributed by atoms with E-state index in [1.165, 1.54) is 11.3 Å². The first-order valence-electron chi connectivity index (χ1n) is 11.3. The number of thioether (sulfide) groups is 1. The first-order chi connectivity index (χ1) is 16.2. The van der Waals surface area contributed by atoms with E-state index >= 15 is 0 Å². The number of hydrogen-bond acceptors (Lipinski definition) is 4. The number of hydrogen-bond donors (Lipinski definition) is 1. The Bertz CT molecular complexity index is 1240. The van der Waals surface area contributed by atoms with E-state index in [1.807, 2.05) is 42.2 Å². The molecule has 0 radical (unpaired) electrons. The lowest BCUT2D eigenvalue weighted by Gasteiger charge is -2.33. The number of halogens is 1. The van der Waals surface area contributed by atoms with Crippen LogP contribution in [-0.2, 0) is 13.1 Å². The number of benzene rings is 3. The fourth-order valence-corrected chi connectivity index (χ4v) is 5.26. The summed E-state index contributed by atoms with van der Waals surface area (Å²) in [4.78, 5) is 26.0. The molecule has 34 heavy (non-hydrogen) atoms. The average molecular weight is 493 g/mol. The van der Waals surface area contributed by atoms with Crippen LogP contribution in [0.15, 0.2) is 79.3 Å². The largest absolute Gasteiger partial charge is 0.363 e. The number of nitrogens with zero attached hydrogens (tertiary/aromatic N) is 3. The molecule has 0 saturated heterocycles. The summed E-state index contributed by atoms with van der Waals surface area (Å²) in [6, 6.07) is 22.8. The summed E-state index contributed by atoms with van der Waals surface area (Å²) in [5.41, 5.74) is 4.22. The van der Waals surface area contributed by atoms with Crippen molar-refractivity contribution in [3.05, 3.63) is 96.1 Å². The standard InChI is InChI=1S/C27H28N4OS.ClH/c1-33-14-13-23-18-30(17-22-15-28-19-29-22)26-12-5-3-8-21(26)16-31(23)27(32)25-11-6-9-20-7-2-4-10-24(20)25;/h2-12,15,19,23H,13-14,16-18H2,1H3,(H,28,29);1H/t23-;/m0./s1. The van der Waals surface area contributed by atoms with Gasteiger partial charge in [0.25, 0.3) is 5.91 Å². The maximum Gasteiger partial charge on any atom is 0.255 e. The summed E-state index contributed by atoms with van der Waals surface area (Å²) < 4.78 is 0. The van der Waals surface area contributed by atoms with Crippen molar-refractivity contribution < 1.29 is 4.79 Å². The summed E-state index contributed by atoms with van der Waals surface area (Å²) in [5, 5.41) is 2.11. The fourth-order valence-electron chi connectivity index (χ4n) is 4.75. The maximum atomic E-state index is 14.1. The van der Waals surface area contributed by atoms with Gasteiger partial charge in [0.15, 0.2) is 0 Å². The molecule has 1 atom stereocenters. The van der Waals surface area contributed by atoms with E-state index in [9.17, 15) is 4.79 Å². The van der Waals surface area contributed by atoms with E-state index in [4.69, 9.17) is 0 Å². The third kappa shape index (κ3) is 4.93. The predicted molar refractivity (Wildman–Crippen MR) is 144 cm³/mol. The Morgan fingerprint density at radius 1 is 1.09 bits per heavy atom. The zero-order valence-electron chi connectivity index (χ0n) is 19.2. The van der Waals surface area contributed by atoms with Gasteiger partial charge in [-0.15, -0.1) is 12.4 Å². The smallest absolute Gasteiger partial charge is 0.255 e. The second-order valence-corrected chi connectivity index (χ2v) is 9.47. The van der Waals surface area contributed by atoms with Gasteiger partial charge in [-0.25, -0.2) is 4.98 Å². The molecule has 3 aromatic carbocycles. The van der Waals surface area contributed by atoms with E-state index in [2.05, 4.69) is 68.5 Å². The highest BCUT2D eigenvalue weighted by Crippen LogP contribution is 2.31. The van der Waals surface area contributed by atoms with Crippen LogP contribution in [0.5, 0.6) is 0 Å². The molecule has 0 fully saturated rings. The van der Waals surface area contributed by atoms with Gasteiger partial charge in [-0.3, -0.25) is 4.79 Å². The lowest BCUT2D eigenvalue weighted by Crippen LogP contribution is -2.45. The Labute approximate surface area is 211 Å². The molecule has 1 amide bonds. The van der Waals surface area contributed by atoms with Gasteiger partial charge in [0.2, 0.25) is 0 Å². The van der Waals surface area contributed by atoms with Crippen LogP contribution < -0.4 is 4.90 Å². The molecule has 0 unspecified atom stereocenters. The molecule has 1 aliphatic heterocycles. The number of aromatic amines is 1. The number of carbonyl (C=O) groups excluding carboxylic acids is 1. The van der Waals surface area contributed by atoms with Crippen LogP contribution in [0.1, 0.15) is 28.0 Å². The Morgan fingerprint density at radius 3 is 2.71 bits per heavy atom. The van der Waals surface area contributed by atoms with Crippen molar-refractivity contribution in [3.8, 4) is 0 Å². The van der Waals surface area contributed by atoms with E-state index in [-0.39, 0.29) is 24.4 Å². The molecule has 0 spiro atoms. The van der Waals surface area contributed by atoms with Crippen molar-refractivity contribution >= 4 is 46.5 Å². The molecule has 1 aromatic heterocycles. The van der Waals surface area contributed by atoms with Crippen molar-refractivity contribution in [2.45, 2.75) is 25.6 Å². The predicted octanol–water partition coefficient (Wildman–Crippen LogP) is 5.77. The highest BCUT2D eigenvalue weighted by atomic mass is 35.5. The molecule has 7 heteroatoms. The Hall–Kier alpha value is -2.96. The maximum absolute atomic E-state index is 14.1. The molecule has 0 bridgehead atoms. The first kappa shape index (κ1) is 24.2. The van der Waals surface area contributed by atoms with Crippen LogP contribution in [0, 0.1) is 0 Å². The fraction of sp³-hybridized carbons (Fsp3) is 0.259. The number of rotatable bonds is 6. The summed E-state index contributed by atoms with van der Waals surface area (Å²) >= 11 is 1.83. The topological polar surface area (TPSA) is 52.2 Å². The first-order valence-corrected chi connectivity index (χ1v) is 12.7. The minimum absolute atomic E-state index is 0. The highest BCUT2D eigenvalue weighted by Gasteiger charge is 2.32. The second kappa shape index (κ2) is 11.0. The number of carbonyl (C=O) groups is 1. The van der Waals surface area contributed by atoms with Gasteiger partial charge in [0, 0.05) is 30.5 Å². The summed E-state index contributed by atoms with van der Waals surface area (Å²) in [7, 11) is 0. The minimum atomic E-state index is 0. The van der Waals surface area contributed by atoms with Crippen LogP contribution in [0.4, 0.5) is 5.69 Å². The zero-order valence-corrected chi connectivity index (χ0v) is 20.8. The number of amides is 1. The number of aromatic nitrogens is 2. The van der Waals surface area contributed by atoms with Crippen molar-refractivity contribution in [2.24, 2.45) is 0 Å². The third-order valence-corrected chi connectivity index (χ3v) is 7.04. The number of fused-ring (bicyclic) bond motifs is 2. The molecule has 5 rings (SSSR count). The molecule has 2 heterocycles. The molecule has 5 nitrogen and oxygen atoms in total. The van der Waals surface area contributed by atoms with Crippen molar-refractivity contribution in [3.63, 3.8) is 0 Å². The molecule has 0 saturated carbocycles. The lowest BCUT2D eigenvalue weighted by atomic mass is 10.0. The summed E-state index contributed by atoms with van der Waals surface area (Å²) in [6.07, 6.45) is 6.68. The third-order valence-electron chi connectivity index (χ3n) is 6.40. The summed E-state index contributed by atoms with van der Waals surface area (Å²) in [6.45, 7) is 2.13. The number of anilines is 1. The van der Waals surface area contributed by atoms with Crippen LogP contribution in [0.2, 0.25) is 0 Å². The van der Waals surface area contributed by atoms with Crippen LogP contribution in [0.3, 0.4) is 0 Å². The molecular weight excluding hydrogens is 464 g/mol. The van der Waals surface area contributed by atoms with Crippen LogP contribution in [-0.4, -0.2) is 45.4 Å². The van der Waals surface area contributed by atoms with Gasteiger partial charge in [-0.05, 0) is 46.9 Å². The van der Waals surface area contributed by atoms with E-state index in [1.54, 1.807) is 6.33 Å². The van der Waals surface area contributed by atoms with E-state index in [0.717, 1.165) is 47.3 Å². The number of imidazole rings is 1. The van der Waals surface area contributed by atoms with E-state index < -0.39 is 0 Å². The van der Waals surface area contributed by atoms with Gasteiger partial charge in [0.05, 0.1) is 24.6 Å². The number of nitrogens with one attached hydrogen (secondary N) is 1. The van der Waals surface area contributed by atoms with Crippen molar-refractivity contribution in [2.75, 3.05) is 23.5 Å². The van der Waals surface area contributed by atoms with Crippen LogP contribution in [0.25, 0.3) is 10.8 Å². The Kier molecular flexibility index (Phi) is 7.80. The van der Waals surface area contributed by atoms with Crippen molar-refractivity contribution in [1.29, 1.82) is 0 Å². The zero-order chi connectivity index (χ0) is 22.6. The molecule has 0 aliphatic carbocycles. The Balaban J connectivity index is 0.00000274. The van der Waals surface area contributed by atoms with Gasteiger partial charge >= 0.3 is 0 Å². The molecule has 4 aromatic rings. The van der Waals surface area contributed by atoms with E-state index in [0.29, 0.717) is 6.54 Å². The quantitative estimate of drug-likeness (QED) is 0.371. The molecule has 1 N–H and O–H groups in total. The van der Waals surface area contributed by atoms with Gasteiger partial charge in [-0.1, -0.05) is 54.6 Å². The average Bonchev–Trinajstić information content (AvgIpc) is 3.31. The van der Waals surface area contributed by atoms with Crippen molar-refractivity contribution in [1.82, 2.24) is 14.9 Å².